The van der Waals surface area contributed by atoms with Crippen molar-refractivity contribution in [2.24, 2.45) is 0 Å². The van der Waals surface area contributed by atoms with Crippen LogP contribution in [0.4, 0.5) is 5.69 Å². The van der Waals surface area contributed by atoms with E-state index < -0.39 is 11.6 Å². The summed E-state index contributed by atoms with van der Waals surface area (Å²) in [5.74, 6) is -1.13. The first kappa shape index (κ1) is 15.8. The zero-order valence-corrected chi connectivity index (χ0v) is 12.4. The Morgan fingerprint density at radius 2 is 2.19 bits per heavy atom. The number of hydrogen-bond donors (Lipinski definition) is 2. The number of nitrogens with one attached hydrogen (secondary N) is 1. The summed E-state index contributed by atoms with van der Waals surface area (Å²) in [6.45, 7) is 2.81. The van der Waals surface area contributed by atoms with Gasteiger partial charge in [-0.25, -0.2) is 4.79 Å². The van der Waals surface area contributed by atoms with Crippen LogP contribution in [0.2, 0.25) is 5.02 Å². The average molecular weight is 313 g/mol. The van der Waals surface area contributed by atoms with Gasteiger partial charge in [-0.3, -0.25) is 9.69 Å². The zero-order chi connectivity index (χ0) is 15.5. The van der Waals surface area contributed by atoms with E-state index in [9.17, 15) is 9.59 Å². The second-order valence-electron chi connectivity index (χ2n) is 5.34. The van der Waals surface area contributed by atoms with Crippen molar-refractivity contribution in [3.8, 4) is 0 Å². The first-order valence-corrected chi connectivity index (χ1v) is 6.88. The predicted octanol–water partition coefficient (Wildman–Crippen LogP) is 1.45. The molecule has 2 rings (SSSR count). The molecule has 0 atom stereocenters. The molecule has 0 saturated carbocycles. The molecular formula is C14H17ClN2O4. The third-order valence-corrected chi connectivity index (χ3v) is 3.37. The molecule has 0 aromatic heterocycles. The number of anilines is 1. The third-order valence-electron chi connectivity index (χ3n) is 3.14. The molecule has 0 radical (unpaired) electrons. The Morgan fingerprint density at radius 1 is 1.48 bits per heavy atom. The number of likely N-dealkylation sites (tertiary alicyclic amines) is 1. The van der Waals surface area contributed by atoms with Crippen LogP contribution in [0.25, 0.3) is 0 Å². The van der Waals surface area contributed by atoms with Gasteiger partial charge in [-0.15, -0.1) is 0 Å². The molecule has 0 unspecified atom stereocenters. The maximum atomic E-state index is 11.9. The standard InChI is InChI=1S/C14H17ClN2O4/c1-14(21-7-13(19)20)8-17(9-14)6-12(18)16-11-4-2-3-10(15)5-11/h2-5H,6-9H2,1H3,(H,16,18)(H,19,20). The Hall–Kier alpha value is -1.63. The van der Waals surface area contributed by atoms with Gasteiger partial charge in [-0.05, 0) is 25.1 Å². The van der Waals surface area contributed by atoms with Crippen molar-refractivity contribution in [3.05, 3.63) is 29.3 Å². The Kier molecular flexibility index (Phi) is 4.82. The summed E-state index contributed by atoms with van der Waals surface area (Å²) in [4.78, 5) is 24.2. The molecule has 1 aliphatic heterocycles. The van der Waals surface area contributed by atoms with Crippen molar-refractivity contribution in [1.82, 2.24) is 4.90 Å². The largest absolute Gasteiger partial charge is 0.480 e. The molecule has 2 N–H and O–H groups in total. The number of carbonyl (C=O) groups excluding carboxylic acids is 1. The summed E-state index contributed by atoms with van der Waals surface area (Å²) in [5.41, 5.74) is 0.160. The molecule has 1 aliphatic rings. The highest BCUT2D eigenvalue weighted by Gasteiger charge is 2.40. The molecule has 114 valence electrons. The lowest BCUT2D eigenvalue weighted by atomic mass is 9.96. The van der Waals surface area contributed by atoms with Crippen molar-refractivity contribution < 1.29 is 19.4 Å². The van der Waals surface area contributed by atoms with Gasteiger partial charge in [0.05, 0.1) is 12.1 Å². The van der Waals surface area contributed by atoms with E-state index in [-0.39, 0.29) is 19.1 Å². The van der Waals surface area contributed by atoms with Gasteiger partial charge in [0.1, 0.15) is 6.61 Å². The van der Waals surface area contributed by atoms with Crippen molar-refractivity contribution in [1.29, 1.82) is 0 Å². The van der Waals surface area contributed by atoms with E-state index in [4.69, 9.17) is 21.4 Å². The normalized spacial score (nSPS) is 17.0. The van der Waals surface area contributed by atoms with Crippen LogP contribution >= 0.6 is 11.6 Å². The van der Waals surface area contributed by atoms with E-state index in [2.05, 4.69) is 5.32 Å². The summed E-state index contributed by atoms with van der Waals surface area (Å²) >= 11 is 5.84. The number of nitrogens with zero attached hydrogens (tertiary/aromatic N) is 1. The van der Waals surface area contributed by atoms with E-state index >= 15 is 0 Å². The fourth-order valence-electron chi connectivity index (χ4n) is 2.31. The van der Waals surface area contributed by atoms with Crippen molar-refractivity contribution in [2.45, 2.75) is 12.5 Å². The van der Waals surface area contributed by atoms with Crippen LogP contribution < -0.4 is 5.32 Å². The lowest BCUT2D eigenvalue weighted by Gasteiger charge is -2.46. The number of aliphatic carboxylic acids is 1. The first-order chi connectivity index (χ1) is 9.86. The maximum absolute atomic E-state index is 11.9. The number of halogens is 1. The summed E-state index contributed by atoms with van der Waals surface area (Å²) < 4.78 is 5.28. The van der Waals surface area contributed by atoms with Crippen LogP contribution in [-0.2, 0) is 14.3 Å². The predicted molar refractivity (Wildman–Crippen MR) is 78.5 cm³/mol. The lowest BCUT2D eigenvalue weighted by molar-refractivity contribution is -0.165. The Labute approximate surface area is 127 Å². The van der Waals surface area contributed by atoms with Crippen LogP contribution in [0.1, 0.15) is 6.92 Å². The van der Waals surface area contributed by atoms with E-state index in [1.165, 1.54) is 0 Å². The molecule has 6 nitrogen and oxygen atoms in total. The molecule has 7 heteroatoms. The fraction of sp³-hybridized carbons (Fsp3) is 0.429. The molecular weight excluding hydrogens is 296 g/mol. The molecule has 1 aromatic rings. The van der Waals surface area contributed by atoms with Gasteiger partial charge in [0, 0.05) is 23.8 Å². The van der Waals surface area contributed by atoms with Crippen molar-refractivity contribution in [2.75, 3.05) is 31.6 Å². The van der Waals surface area contributed by atoms with Gasteiger partial charge in [-0.1, -0.05) is 17.7 Å². The highest BCUT2D eigenvalue weighted by molar-refractivity contribution is 6.30. The van der Waals surface area contributed by atoms with Gasteiger partial charge in [-0.2, -0.15) is 0 Å². The van der Waals surface area contributed by atoms with E-state index in [1.807, 2.05) is 11.8 Å². The second kappa shape index (κ2) is 6.43. The Morgan fingerprint density at radius 3 is 2.81 bits per heavy atom. The maximum Gasteiger partial charge on any atom is 0.329 e. The number of hydrogen-bond acceptors (Lipinski definition) is 4. The number of rotatable bonds is 6. The highest BCUT2D eigenvalue weighted by atomic mass is 35.5. The first-order valence-electron chi connectivity index (χ1n) is 6.50. The minimum absolute atomic E-state index is 0.141. The summed E-state index contributed by atoms with van der Waals surface area (Å²) in [6.07, 6.45) is 0. The molecule has 0 spiro atoms. The smallest absolute Gasteiger partial charge is 0.329 e. The van der Waals surface area contributed by atoms with Crippen molar-refractivity contribution in [3.63, 3.8) is 0 Å². The van der Waals surface area contributed by atoms with Gasteiger partial charge in [0.2, 0.25) is 5.91 Å². The molecule has 1 amide bonds. The molecule has 1 saturated heterocycles. The van der Waals surface area contributed by atoms with Crippen LogP contribution in [-0.4, -0.2) is 53.7 Å². The molecule has 1 fully saturated rings. The number of ether oxygens (including phenoxy) is 1. The van der Waals surface area contributed by atoms with Gasteiger partial charge >= 0.3 is 5.97 Å². The number of carboxylic acid groups (broad SMARTS) is 1. The molecule has 0 aliphatic carbocycles. The van der Waals surface area contributed by atoms with E-state index in [1.54, 1.807) is 24.3 Å². The topological polar surface area (TPSA) is 78.9 Å². The van der Waals surface area contributed by atoms with Crippen molar-refractivity contribution >= 4 is 29.2 Å². The van der Waals surface area contributed by atoms with Crippen LogP contribution in [0.5, 0.6) is 0 Å². The molecule has 21 heavy (non-hydrogen) atoms. The minimum Gasteiger partial charge on any atom is -0.480 e. The quantitative estimate of drug-likeness (QED) is 0.831. The molecule has 1 aromatic carbocycles. The molecule has 1 heterocycles. The number of benzene rings is 1. The summed E-state index contributed by atoms with van der Waals surface area (Å²) in [7, 11) is 0. The third kappa shape index (κ3) is 4.70. The average Bonchev–Trinajstić information content (AvgIpc) is 2.34. The lowest BCUT2D eigenvalue weighted by Crippen LogP contribution is -2.63. The molecule has 0 bridgehead atoms. The Balaban J connectivity index is 1.74. The number of carbonyl (C=O) groups is 2. The minimum atomic E-state index is -0.992. The highest BCUT2D eigenvalue weighted by Crippen LogP contribution is 2.24. The Bertz CT molecular complexity index is 544. The summed E-state index contributed by atoms with van der Waals surface area (Å²) in [5, 5.41) is 11.9. The summed E-state index contributed by atoms with van der Waals surface area (Å²) in [6, 6.07) is 6.94. The van der Waals surface area contributed by atoms with E-state index in [0.717, 1.165) is 0 Å². The number of amides is 1. The van der Waals surface area contributed by atoms with Gasteiger partial charge in [0.25, 0.3) is 0 Å². The van der Waals surface area contributed by atoms with Crippen LogP contribution in [0.15, 0.2) is 24.3 Å². The van der Waals surface area contributed by atoms with Crippen LogP contribution in [0, 0.1) is 0 Å². The van der Waals surface area contributed by atoms with Crippen LogP contribution in [0.3, 0.4) is 0 Å². The van der Waals surface area contributed by atoms with E-state index in [0.29, 0.717) is 23.8 Å². The van der Waals surface area contributed by atoms with Gasteiger partial charge < -0.3 is 15.2 Å². The fourth-order valence-corrected chi connectivity index (χ4v) is 2.50. The second-order valence-corrected chi connectivity index (χ2v) is 5.77. The number of carboxylic acids is 1. The monoisotopic (exact) mass is 312 g/mol. The van der Waals surface area contributed by atoms with Gasteiger partial charge in [0.15, 0.2) is 0 Å². The zero-order valence-electron chi connectivity index (χ0n) is 11.6. The SMILES string of the molecule is CC1(OCC(=O)O)CN(CC(=O)Nc2cccc(Cl)c2)C1.